The summed E-state index contributed by atoms with van der Waals surface area (Å²) in [7, 11) is -0.406. The fourth-order valence-electron chi connectivity index (χ4n) is 2.21. The molecule has 0 unspecified atom stereocenters. The van der Waals surface area contributed by atoms with Crippen molar-refractivity contribution in [3.05, 3.63) is 23.8 Å². The van der Waals surface area contributed by atoms with Crippen LogP contribution >= 0.6 is 0 Å². The van der Waals surface area contributed by atoms with E-state index in [0.717, 1.165) is 25.9 Å². The van der Waals surface area contributed by atoms with Gasteiger partial charge in [-0.05, 0) is 43.9 Å². The van der Waals surface area contributed by atoms with Crippen molar-refractivity contribution in [2.75, 3.05) is 27.2 Å². The Bertz CT molecular complexity index is 620. The van der Waals surface area contributed by atoms with E-state index in [1.807, 2.05) is 5.01 Å². The zero-order valence-corrected chi connectivity index (χ0v) is 13.6. The van der Waals surface area contributed by atoms with Gasteiger partial charge in [-0.3, -0.25) is 5.01 Å². The summed E-state index contributed by atoms with van der Waals surface area (Å²) < 4.78 is 25.7. The largest absolute Gasteiger partial charge is 0.278 e. The highest BCUT2D eigenvalue weighted by atomic mass is 32.2. The lowest BCUT2D eigenvalue weighted by atomic mass is 10.2. The molecular formula is C14H22N4O2S. The smallest absolute Gasteiger partial charge is 0.242 e. The van der Waals surface area contributed by atoms with Crippen molar-refractivity contribution < 1.29 is 8.42 Å². The lowest BCUT2D eigenvalue weighted by molar-refractivity contribution is 0.224. The van der Waals surface area contributed by atoms with Crippen molar-refractivity contribution in [1.29, 1.82) is 0 Å². The van der Waals surface area contributed by atoms with E-state index in [-0.39, 0.29) is 4.90 Å². The van der Waals surface area contributed by atoms with E-state index in [2.05, 4.69) is 10.3 Å². The quantitative estimate of drug-likeness (QED) is 0.803. The van der Waals surface area contributed by atoms with Gasteiger partial charge in [0.2, 0.25) is 10.0 Å². The topological polar surface area (TPSA) is 65.3 Å². The number of sulfonamides is 1. The Morgan fingerprint density at radius 3 is 2.43 bits per heavy atom. The van der Waals surface area contributed by atoms with E-state index >= 15 is 0 Å². The average Bonchev–Trinajstić information content (AvgIpc) is 2.47. The summed E-state index contributed by atoms with van der Waals surface area (Å²) in [6.07, 6.45) is 3.50. The van der Waals surface area contributed by atoms with Gasteiger partial charge in [0.05, 0.1) is 10.6 Å². The highest BCUT2D eigenvalue weighted by Gasteiger charge is 2.20. The number of nitrogens with zero attached hydrogens (tertiary/aromatic N) is 4. The third-order valence-corrected chi connectivity index (χ3v) is 5.51. The second-order valence-corrected chi connectivity index (χ2v) is 7.56. The molecule has 0 bridgehead atoms. The predicted octanol–water partition coefficient (Wildman–Crippen LogP) is 2.73. The van der Waals surface area contributed by atoms with Gasteiger partial charge in [0.1, 0.15) is 0 Å². The molecular weight excluding hydrogens is 288 g/mol. The number of hydrogen-bond acceptors (Lipinski definition) is 4. The van der Waals surface area contributed by atoms with Crippen LogP contribution in [0.4, 0.5) is 5.69 Å². The SMILES string of the molecule is Cc1ccc(N=NN2CCCCC2)cc1S(=O)(=O)N(C)C. The van der Waals surface area contributed by atoms with Gasteiger partial charge in [0.25, 0.3) is 0 Å². The molecule has 0 atom stereocenters. The minimum Gasteiger partial charge on any atom is -0.278 e. The minimum atomic E-state index is -3.46. The highest BCUT2D eigenvalue weighted by Crippen LogP contribution is 2.24. The first-order valence-corrected chi connectivity index (χ1v) is 8.55. The summed E-state index contributed by atoms with van der Waals surface area (Å²) in [5.74, 6) is 0. The van der Waals surface area contributed by atoms with E-state index in [9.17, 15) is 8.42 Å². The van der Waals surface area contributed by atoms with Crippen LogP contribution in [0.5, 0.6) is 0 Å². The molecule has 7 heteroatoms. The number of hydrogen-bond donors (Lipinski definition) is 0. The molecule has 6 nitrogen and oxygen atoms in total. The number of rotatable bonds is 4. The molecule has 21 heavy (non-hydrogen) atoms. The molecule has 1 fully saturated rings. The maximum Gasteiger partial charge on any atom is 0.242 e. The Hall–Kier alpha value is -1.47. The standard InChI is InChI=1S/C14H22N4O2S/c1-12-7-8-13(11-14(12)21(19,20)17(2)3)15-16-18-9-5-4-6-10-18/h7-8,11H,4-6,9-10H2,1-3H3. The van der Waals surface area contributed by atoms with E-state index in [1.165, 1.54) is 24.8 Å². The molecule has 0 amide bonds. The molecule has 1 heterocycles. The van der Waals surface area contributed by atoms with E-state index in [4.69, 9.17) is 0 Å². The third kappa shape index (κ3) is 3.79. The van der Waals surface area contributed by atoms with E-state index < -0.39 is 10.0 Å². The second kappa shape index (κ2) is 6.53. The van der Waals surface area contributed by atoms with Gasteiger partial charge in [-0.15, -0.1) is 5.11 Å². The number of benzene rings is 1. The number of piperidine rings is 1. The van der Waals surface area contributed by atoms with Crippen molar-refractivity contribution in [3.63, 3.8) is 0 Å². The van der Waals surface area contributed by atoms with Crippen molar-refractivity contribution in [1.82, 2.24) is 9.31 Å². The average molecular weight is 310 g/mol. The van der Waals surface area contributed by atoms with Gasteiger partial charge in [-0.2, -0.15) is 0 Å². The second-order valence-electron chi connectivity index (χ2n) is 5.44. The summed E-state index contributed by atoms with van der Waals surface area (Å²) in [5.41, 5.74) is 1.27. The molecule has 116 valence electrons. The summed E-state index contributed by atoms with van der Waals surface area (Å²) in [4.78, 5) is 0.280. The molecule has 1 aromatic carbocycles. The van der Waals surface area contributed by atoms with Crippen LogP contribution in [0.25, 0.3) is 0 Å². The zero-order valence-electron chi connectivity index (χ0n) is 12.8. The fourth-order valence-corrected chi connectivity index (χ4v) is 3.35. The molecule has 0 N–H and O–H groups in total. The van der Waals surface area contributed by atoms with Gasteiger partial charge in [-0.25, -0.2) is 12.7 Å². The molecule has 1 aliphatic heterocycles. The van der Waals surface area contributed by atoms with Crippen LogP contribution in [0.1, 0.15) is 24.8 Å². The van der Waals surface area contributed by atoms with Crippen LogP contribution in [-0.2, 0) is 10.0 Å². The van der Waals surface area contributed by atoms with Crippen molar-refractivity contribution in [2.45, 2.75) is 31.1 Å². The van der Waals surface area contributed by atoms with Crippen LogP contribution < -0.4 is 0 Å². The zero-order chi connectivity index (χ0) is 15.5. The molecule has 1 aliphatic rings. The van der Waals surface area contributed by atoms with Crippen molar-refractivity contribution in [3.8, 4) is 0 Å². The molecule has 0 aromatic heterocycles. The van der Waals surface area contributed by atoms with E-state index in [1.54, 1.807) is 25.1 Å². The summed E-state index contributed by atoms with van der Waals surface area (Å²) in [5, 5.41) is 10.3. The van der Waals surface area contributed by atoms with Crippen molar-refractivity contribution >= 4 is 15.7 Å². The molecule has 0 radical (unpaired) electrons. The predicted molar refractivity (Wildman–Crippen MR) is 82.0 cm³/mol. The Morgan fingerprint density at radius 1 is 1.14 bits per heavy atom. The van der Waals surface area contributed by atoms with Gasteiger partial charge in [-0.1, -0.05) is 11.3 Å². The van der Waals surface area contributed by atoms with Crippen LogP contribution in [0.15, 0.2) is 33.4 Å². The molecule has 2 rings (SSSR count). The van der Waals surface area contributed by atoms with Gasteiger partial charge in [0.15, 0.2) is 0 Å². The fraction of sp³-hybridized carbons (Fsp3) is 0.571. The molecule has 0 spiro atoms. The van der Waals surface area contributed by atoms with Crippen LogP contribution in [-0.4, -0.2) is 44.9 Å². The lowest BCUT2D eigenvalue weighted by Gasteiger charge is -2.21. The minimum absolute atomic E-state index is 0.280. The molecule has 1 aromatic rings. The third-order valence-electron chi connectivity index (χ3n) is 3.55. The summed E-state index contributed by atoms with van der Waals surface area (Å²) >= 11 is 0. The Balaban J connectivity index is 2.24. The summed E-state index contributed by atoms with van der Waals surface area (Å²) in [6, 6.07) is 5.14. The van der Waals surface area contributed by atoms with Gasteiger partial charge in [0, 0.05) is 27.2 Å². The molecule has 0 saturated carbocycles. The summed E-state index contributed by atoms with van der Waals surface area (Å²) in [6.45, 7) is 3.61. The van der Waals surface area contributed by atoms with Gasteiger partial charge < -0.3 is 0 Å². The highest BCUT2D eigenvalue weighted by molar-refractivity contribution is 7.89. The van der Waals surface area contributed by atoms with Crippen LogP contribution in [0.3, 0.4) is 0 Å². The Morgan fingerprint density at radius 2 is 1.81 bits per heavy atom. The van der Waals surface area contributed by atoms with E-state index in [0.29, 0.717) is 11.3 Å². The first kappa shape index (κ1) is 15.9. The normalized spacial score (nSPS) is 16.9. The van der Waals surface area contributed by atoms with Gasteiger partial charge >= 0.3 is 0 Å². The van der Waals surface area contributed by atoms with Crippen LogP contribution in [0, 0.1) is 6.92 Å². The maximum absolute atomic E-state index is 12.3. The molecule has 1 saturated heterocycles. The first-order valence-electron chi connectivity index (χ1n) is 7.11. The monoisotopic (exact) mass is 310 g/mol. The molecule has 0 aliphatic carbocycles. The Kier molecular flexibility index (Phi) is 4.95. The Labute approximate surface area is 126 Å². The maximum atomic E-state index is 12.3. The first-order chi connectivity index (χ1) is 9.91. The van der Waals surface area contributed by atoms with Crippen LogP contribution in [0.2, 0.25) is 0 Å². The lowest BCUT2D eigenvalue weighted by Crippen LogP contribution is -2.23. The van der Waals surface area contributed by atoms with Crippen molar-refractivity contribution in [2.24, 2.45) is 10.3 Å². The number of aryl methyl sites for hydroxylation is 1.